The minimum absolute atomic E-state index is 0.358. The van der Waals surface area contributed by atoms with Gasteiger partial charge < -0.3 is 14.0 Å². The van der Waals surface area contributed by atoms with Crippen molar-refractivity contribution >= 4 is 0 Å². The molecule has 0 amide bonds. The van der Waals surface area contributed by atoms with Crippen molar-refractivity contribution in [2.24, 2.45) is 0 Å². The normalized spacial score (nSPS) is 19.2. The minimum Gasteiger partial charge on any atom is -0.348 e. The summed E-state index contributed by atoms with van der Waals surface area (Å²) in [7, 11) is 0. The Labute approximate surface area is 96.6 Å². The molecule has 0 N–H and O–H groups in total. The number of ether oxygens (including phenoxy) is 2. The van der Waals surface area contributed by atoms with Crippen LogP contribution in [0.15, 0.2) is 6.33 Å². The lowest BCUT2D eigenvalue weighted by atomic mass is 10.1. The first-order valence-corrected chi connectivity index (χ1v) is 5.87. The van der Waals surface area contributed by atoms with Crippen molar-refractivity contribution in [1.82, 2.24) is 9.55 Å². The predicted molar refractivity (Wildman–Crippen MR) is 61.2 cm³/mol. The fourth-order valence-electron chi connectivity index (χ4n) is 2.04. The second-order valence-electron chi connectivity index (χ2n) is 4.54. The molecule has 0 atom stereocenters. The van der Waals surface area contributed by atoms with Crippen LogP contribution in [0, 0.1) is 13.8 Å². The van der Waals surface area contributed by atoms with E-state index in [2.05, 4.69) is 16.5 Å². The fourth-order valence-corrected chi connectivity index (χ4v) is 2.04. The van der Waals surface area contributed by atoms with Gasteiger partial charge in [0.2, 0.25) is 0 Å². The molecule has 0 spiro atoms. The molecule has 1 fully saturated rings. The number of hydrogen-bond acceptors (Lipinski definition) is 3. The Hall–Kier alpha value is -0.870. The van der Waals surface area contributed by atoms with E-state index in [1.165, 1.54) is 5.69 Å². The van der Waals surface area contributed by atoms with Gasteiger partial charge in [0.05, 0.1) is 25.2 Å². The van der Waals surface area contributed by atoms with Gasteiger partial charge in [-0.25, -0.2) is 4.98 Å². The highest BCUT2D eigenvalue weighted by molar-refractivity contribution is 5.08. The highest BCUT2D eigenvalue weighted by Crippen LogP contribution is 2.24. The van der Waals surface area contributed by atoms with E-state index >= 15 is 0 Å². The van der Waals surface area contributed by atoms with Crippen LogP contribution in [0.3, 0.4) is 0 Å². The zero-order chi connectivity index (χ0) is 11.6. The summed E-state index contributed by atoms with van der Waals surface area (Å²) in [5, 5.41) is 0. The zero-order valence-electron chi connectivity index (χ0n) is 10.3. The van der Waals surface area contributed by atoms with E-state index in [1.807, 2.05) is 20.2 Å². The Kier molecular flexibility index (Phi) is 3.30. The SMILES string of the molecule is Cc1ncn(CCCC2(C)OCCO2)c1C. The summed E-state index contributed by atoms with van der Waals surface area (Å²) in [5.74, 6) is -0.358. The summed E-state index contributed by atoms with van der Waals surface area (Å²) in [6, 6.07) is 0. The van der Waals surface area contributed by atoms with Gasteiger partial charge in [-0.05, 0) is 27.2 Å². The number of hydrogen-bond donors (Lipinski definition) is 0. The first-order chi connectivity index (χ1) is 7.61. The van der Waals surface area contributed by atoms with Crippen LogP contribution in [-0.2, 0) is 16.0 Å². The van der Waals surface area contributed by atoms with Gasteiger partial charge in [0.25, 0.3) is 0 Å². The Morgan fingerprint density at radius 3 is 2.62 bits per heavy atom. The average molecular weight is 224 g/mol. The molecule has 1 aliphatic rings. The third-order valence-electron chi connectivity index (χ3n) is 3.27. The summed E-state index contributed by atoms with van der Waals surface area (Å²) >= 11 is 0. The quantitative estimate of drug-likeness (QED) is 0.785. The van der Waals surface area contributed by atoms with Crippen LogP contribution < -0.4 is 0 Å². The average Bonchev–Trinajstić information content (AvgIpc) is 2.80. The monoisotopic (exact) mass is 224 g/mol. The number of aryl methyl sites for hydroxylation is 2. The third kappa shape index (κ3) is 2.44. The Morgan fingerprint density at radius 2 is 2.06 bits per heavy atom. The van der Waals surface area contributed by atoms with Crippen molar-refractivity contribution in [3.8, 4) is 0 Å². The van der Waals surface area contributed by atoms with Crippen LogP contribution in [-0.4, -0.2) is 28.6 Å². The van der Waals surface area contributed by atoms with Crippen LogP contribution in [0.5, 0.6) is 0 Å². The first-order valence-electron chi connectivity index (χ1n) is 5.87. The lowest BCUT2D eigenvalue weighted by molar-refractivity contribution is -0.147. The fraction of sp³-hybridized carbons (Fsp3) is 0.750. The number of rotatable bonds is 4. The minimum atomic E-state index is -0.358. The second kappa shape index (κ2) is 4.55. The molecule has 0 radical (unpaired) electrons. The van der Waals surface area contributed by atoms with Crippen molar-refractivity contribution in [2.45, 2.75) is 45.9 Å². The van der Waals surface area contributed by atoms with Gasteiger partial charge in [-0.3, -0.25) is 0 Å². The highest BCUT2D eigenvalue weighted by Gasteiger charge is 2.29. The summed E-state index contributed by atoms with van der Waals surface area (Å²) in [6.07, 6.45) is 3.89. The topological polar surface area (TPSA) is 36.3 Å². The van der Waals surface area contributed by atoms with E-state index in [9.17, 15) is 0 Å². The Morgan fingerprint density at radius 1 is 1.38 bits per heavy atom. The number of imidazole rings is 1. The Balaban J connectivity index is 1.82. The molecule has 2 heterocycles. The second-order valence-corrected chi connectivity index (χ2v) is 4.54. The van der Waals surface area contributed by atoms with Crippen molar-refractivity contribution in [3.05, 3.63) is 17.7 Å². The maximum atomic E-state index is 5.57. The molecule has 0 aromatic carbocycles. The lowest BCUT2D eigenvalue weighted by Crippen LogP contribution is -2.25. The van der Waals surface area contributed by atoms with E-state index in [1.54, 1.807) is 0 Å². The largest absolute Gasteiger partial charge is 0.348 e. The summed E-state index contributed by atoms with van der Waals surface area (Å²) in [6.45, 7) is 8.59. The van der Waals surface area contributed by atoms with Gasteiger partial charge in [0.1, 0.15) is 0 Å². The van der Waals surface area contributed by atoms with E-state index in [4.69, 9.17) is 9.47 Å². The van der Waals surface area contributed by atoms with E-state index < -0.39 is 0 Å². The van der Waals surface area contributed by atoms with Crippen LogP contribution in [0.25, 0.3) is 0 Å². The molecule has 1 saturated heterocycles. The zero-order valence-corrected chi connectivity index (χ0v) is 10.3. The maximum Gasteiger partial charge on any atom is 0.165 e. The highest BCUT2D eigenvalue weighted by atomic mass is 16.7. The molecule has 0 unspecified atom stereocenters. The maximum absolute atomic E-state index is 5.57. The molecular formula is C12H20N2O2. The molecule has 90 valence electrons. The molecule has 0 bridgehead atoms. The van der Waals surface area contributed by atoms with Crippen molar-refractivity contribution < 1.29 is 9.47 Å². The smallest absolute Gasteiger partial charge is 0.165 e. The molecule has 4 nitrogen and oxygen atoms in total. The third-order valence-corrected chi connectivity index (χ3v) is 3.27. The van der Waals surface area contributed by atoms with Crippen molar-refractivity contribution in [2.75, 3.05) is 13.2 Å². The summed E-state index contributed by atoms with van der Waals surface area (Å²) < 4.78 is 13.3. The van der Waals surface area contributed by atoms with E-state index in [-0.39, 0.29) is 5.79 Å². The van der Waals surface area contributed by atoms with E-state index in [0.717, 1.165) is 38.3 Å². The van der Waals surface area contributed by atoms with E-state index in [0.29, 0.717) is 0 Å². The van der Waals surface area contributed by atoms with Crippen molar-refractivity contribution in [1.29, 1.82) is 0 Å². The number of nitrogens with zero attached hydrogens (tertiary/aromatic N) is 2. The van der Waals surface area contributed by atoms with Gasteiger partial charge in [-0.1, -0.05) is 0 Å². The molecule has 2 rings (SSSR count). The van der Waals surface area contributed by atoms with Crippen LogP contribution in [0.4, 0.5) is 0 Å². The summed E-state index contributed by atoms with van der Waals surface area (Å²) in [5.41, 5.74) is 2.36. The predicted octanol–water partition coefficient (Wildman–Crippen LogP) is 2.04. The molecule has 1 aliphatic heterocycles. The molecule has 0 saturated carbocycles. The van der Waals surface area contributed by atoms with Gasteiger partial charge in [0, 0.05) is 18.7 Å². The first kappa shape index (κ1) is 11.6. The van der Waals surface area contributed by atoms with Crippen LogP contribution >= 0.6 is 0 Å². The van der Waals surface area contributed by atoms with Gasteiger partial charge in [0.15, 0.2) is 5.79 Å². The molecule has 4 heteroatoms. The Bertz CT molecular complexity index is 354. The molecule has 16 heavy (non-hydrogen) atoms. The molecular weight excluding hydrogens is 204 g/mol. The van der Waals surface area contributed by atoms with Gasteiger partial charge in [-0.2, -0.15) is 0 Å². The van der Waals surface area contributed by atoms with Gasteiger partial charge >= 0.3 is 0 Å². The van der Waals surface area contributed by atoms with Crippen LogP contribution in [0.1, 0.15) is 31.2 Å². The molecule has 1 aromatic heterocycles. The standard InChI is InChI=1S/C12H20N2O2/c1-10-11(2)14(9-13-10)6-4-5-12(3)15-7-8-16-12/h9H,4-8H2,1-3H3. The van der Waals surface area contributed by atoms with Crippen molar-refractivity contribution in [3.63, 3.8) is 0 Å². The molecule has 1 aromatic rings. The lowest BCUT2D eigenvalue weighted by Gasteiger charge is -2.22. The summed E-state index contributed by atoms with van der Waals surface area (Å²) in [4.78, 5) is 4.28. The molecule has 0 aliphatic carbocycles. The van der Waals surface area contributed by atoms with Gasteiger partial charge in [-0.15, -0.1) is 0 Å². The van der Waals surface area contributed by atoms with Crippen LogP contribution in [0.2, 0.25) is 0 Å². The number of aromatic nitrogens is 2.